The van der Waals surface area contributed by atoms with E-state index >= 15 is 0 Å². The number of nitrogens with one attached hydrogen (secondary N) is 6. The van der Waals surface area contributed by atoms with Gasteiger partial charge in [0.2, 0.25) is 5.91 Å². The van der Waals surface area contributed by atoms with Crippen LogP contribution in [-0.4, -0.2) is 66.1 Å². The van der Waals surface area contributed by atoms with Gasteiger partial charge in [0, 0.05) is 39.4 Å². The van der Waals surface area contributed by atoms with Gasteiger partial charge in [-0.1, -0.05) is 41.9 Å². The molecule has 1 atom stereocenters. The molecule has 0 saturated carbocycles. The molecule has 2 aromatic heterocycles. The van der Waals surface area contributed by atoms with Crippen LogP contribution in [0.25, 0.3) is 16.6 Å². The summed E-state index contributed by atoms with van der Waals surface area (Å²) in [7, 11) is 0. The van der Waals surface area contributed by atoms with Crippen LogP contribution in [0.5, 0.6) is 0 Å². The van der Waals surface area contributed by atoms with E-state index in [1.165, 1.54) is 23.1 Å². The smallest absolute Gasteiger partial charge is 0.352 e. The lowest BCUT2D eigenvalue weighted by molar-refractivity contribution is -0.137. The van der Waals surface area contributed by atoms with Gasteiger partial charge >= 0.3 is 23.8 Å². The first-order chi connectivity index (χ1) is 24.6. The minimum Gasteiger partial charge on any atom is -0.477 e. The quantitative estimate of drug-likeness (QED) is 0.0998. The zero-order chi connectivity index (χ0) is 35.9. The number of fused-ring (bicyclic) bond motifs is 1. The lowest BCUT2D eigenvalue weighted by Gasteiger charge is -2.19. The Labute approximate surface area is 293 Å². The van der Waals surface area contributed by atoms with E-state index in [0.29, 0.717) is 39.2 Å². The third-order valence-electron chi connectivity index (χ3n) is 7.43. The van der Waals surface area contributed by atoms with Gasteiger partial charge in [0.25, 0.3) is 0 Å². The summed E-state index contributed by atoms with van der Waals surface area (Å²) in [6.45, 7) is 0. The molecule has 0 saturated heterocycles. The van der Waals surface area contributed by atoms with Gasteiger partial charge in [0.15, 0.2) is 0 Å². The Balaban J connectivity index is 1.19. The van der Waals surface area contributed by atoms with Crippen LogP contribution >= 0.6 is 11.6 Å². The van der Waals surface area contributed by atoms with Gasteiger partial charge in [-0.2, -0.15) is 4.68 Å². The van der Waals surface area contributed by atoms with E-state index in [1.54, 1.807) is 78.9 Å². The molecule has 17 heteroatoms. The van der Waals surface area contributed by atoms with E-state index < -0.39 is 35.8 Å². The highest BCUT2D eigenvalue weighted by atomic mass is 35.5. The average Bonchev–Trinajstić information content (AvgIpc) is 3.80. The summed E-state index contributed by atoms with van der Waals surface area (Å²) in [6.07, 6.45) is 1.24. The molecule has 0 radical (unpaired) electrons. The van der Waals surface area contributed by atoms with Crippen molar-refractivity contribution in [1.29, 1.82) is 0 Å². The van der Waals surface area contributed by atoms with Crippen LogP contribution in [0.3, 0.4) is 0 Å². The number of hydrogen-bond acceptors (Lipinski definition) is 8. The first kappa shape index (κ1) is 33.8. The first-order valence-electron chi connectivity index (χ1n) is 15.1. The number of anilines is 4. The number of carboxylic acid groups (broad SMARTS) is 1. The number of H-pyrrole nitrogens is 1. The normalized spacial score (nSPS) is 11.3. The number of aromatic nitrogens is 5. The van der Waals surface area contributed by atoms with Crippen molar-refractivity contribution in [3.63, 3.8) is 0 Å². The van der Waals surface area contributed by atoms with E-state index in [2.05, 4.69) is 47.1 Å². The number of rotatable bonds is 10. The minimum absolute atomic E-state index is 0.0249. The van der Waals surface area contributed by atoms with Crippen molar-refractivity contribution in [2.75, 3.05) is 21.3 Å². The third-order valence-corrected chi connectivity index (χ3v) is 7.67. The zero-order valence-electron chi connectivity index (χ0n) is 26.3. The summed E-state index contributed by atoms with van der Waals surface area (Å²) in [6, 6.07) is 24.4. The van der Waals surface area contributed by atoms with Crippen molar-refractivity contribution >= 4 is 75.0 Å². The number of carboxylic acids is 1. The van der Waals surface area contributed by atoms with Crippen molar-refractivity contribution < 1.29 is 29.1 Å². The largest absolute Gasteiger partial charge is 0.477 e. The third kappa shape index (κ3) is 8.51. The van der Waals surface area contributed by atoms with Gasteiger partial charge in [-0.3, -0.25) is 14.4 Å². The van der Waals surface area contributed by atoms with Gasteiger partial charge in [-0.05, 0) is 82.7 Å². The lowest BCUT2D eigenvalue weighted by Crippen LogP contribution is -2.49. The SMILES string of the molecule is O=C(Nc1ccccc1)Nc1ccc(CC(NC(=O)C(=O)Nc2cc(Cl)ccc2-n2cnnn2)C(=O)Nc2ccc3[nH]c(C(=O)O)cc3c2)cc1. The number of hydrogen-bond donors (Lipinski definition) is 7. The fourth-order valence-corrected chi connectivity index (χ4v) is 5.19. The highest BCUT2D eigenvalue weighted by molar-refractivity contribution is 6.40. The molecule has 0 aliphatic rings. The highest BCUT2D eigenvalue weighted by Crippen LogP contribution is 2.24. The summed E-state index contributed by atoms with van der Waals surface area (Å²) in [5.41, 5.74) is 2.97. The minimum atomic E-state index is -1.27. The molecular weight excluding hydrogens is 680 g/mol. The van der Waals surface area contributed by atoms with Crippen molar-refractivity contribution in [3.05, 3.63) is 120 Å². The maximum Gasteiger partial charge on any atom is 0.352 e. The number of benzene rings is 4. The number of carbonyl (C=O) groups excluding carboxylic acids is 4. The summed E-state index contributed by atoms with van der Waals surface area (Å²) in [5, 5.41) is 34.3. The molecule has 0 fully saturated rings. The number of para-hydroxylation sites is 1. The van der Waals surface area contributed by atoms with Gasteiger partial charge in [-0.25, -0.2) is 9.59 Å². The number of aromatic carboxylic acids is 1. The standard InChI is InChI=1S/C34H27ClN10O6/c35-21-8-13-29(45-18-36-43-44-45)26(17-21)41-31(47)32(48)42-27(30(46)37-24-11-12-25-20(15-24)16-28(40-25)33(49)50)14-19-6-9-23(10-7-19)39-34(51)38-22-4-2-1-3-5-22/h1-13,15-18,27,40H,14H2,(H,37,46)(H,41,47)(H,42,48)(H,49,50)(H2,38,39,51). The zero-order valence-corrected chi connectivity index (χ0v) is 27.0. The van der Waals surface area contributed by atoms with E-state index in [0.717, 1.165) is 0 Å². The predicted octanol–water partition coefficient (Wildman–Crippen LogP) is 4.44. The molecule has 0 aliphatic heterocycles. The summed E-state index contributed by atoms with van der Waals surface area (Å²) in [4.78, 5) is 66.7. The number of halogens is 1. The lowest BCUT2D eigenvalue weighted by atomic mass is 10.0. The summed E-state index contributed by atoms with van der Waals surface area (Å²) < 4.78 is 1.27. The second-order valence-corrected chi connectivity index (χ2v) is 11.5. The van der Waals surface area contributed by atoms with Gasteiger partial charge in [0.05, 0.1) is 11.4 Å². The van der Waals surface area contributed by atoms with Crippen molar-refractivity contribution in [3.8, 4) is 5.69 Å². The van der Waals surface area contributed by atoms with Gasteiger partial charge in [0.1, 0.15) is 18.1 Å². The van der Waals surface area contributed by atoms with Crippen molar-refractivity contribution in [2.24, 2.45) is 0 Å². The number of urea groups is 1. The Bertz CT molecular complexity index is 2240. The van der Waals surface area contributed by atoms with Crippen LogP contribution in [0.2, 0.25) is 5.02 Å². The summed E-state index contributed by atoms with van der Waals surface area (Å²) >= 11 is 6.14. The maximum absolute atomic E-state index is 13.7. The van der Waals surface area contributed by atoms with Gasteiger partial charge in [-0.15, -0.1) is 5.10 Å². The second-order valence-electron chi connectivity index (χ2n) is 11.0. The predicted molar refractivity (Wildman–Crippen MR) is 188 cm³/mol. The average molecular weight is 707 g/mol. The fraction of sp³-hybridized carbons (Fsp3) is 0.0588. The Morgan fingerprint density at radius 1 is 0.784 bits per heavy atom. The van der Waals surface area contributed by atoms with Crippen molar-refractivity contribution in [1.82, 2.24) is 30.5 Å². The number of tetrazole rings is 1. The van der Waals surface area contributed by atoms with E-state index in [4.69, 9.17) is 11.6 Å². The molecule has 6 rings (SSSR count). The highest BCUT2D eigenvalue weighted by Gasteiger charge is 2.26. The van der Waals surface area contributed by atoms with E-state index in [9.17, 15) is 29.1 Å². The first-order valence-corrected chi connectivity index (χ1v) is 15.5. The van der Waals surface area contributed by atoms with Crippen LogP contribution in [0.1, 0.15) is 16.1 Å². The summed E-state index contributed by atoms with van der Waals surface area (Å²) in [5.74, 6) is -4.02. The Kier molecular flexibility index (Phi) is 9.95. The Morgan fingerprint density at radius 3 is 2.22 bits per heavy atom. The molecule has 6 aromatic rings. The molecule has 16 nitrogen and oxygen atoms in total. The van der Waals surface area contributed by atoms with E-state index in [1.807, 2.05) is 6.07 Å². The fourth-order valence-electron chi connectivity index (χ4n) is 5.02. The number of amides is 5. The number of carbonyl (C=O) groups is 5. The molecule has 1 unspecified atom stereocenters. The number of aromatic amines is 1. The van der Waals surface area contributed by atoms with E-state index in [-0.39, 0.29) is 22.8 Å². The molecular formula is C34H27ClN10O6. The molecule has 5 amide bonds. The van der Waals surface area contributed by atoms with Crippen LogP contribution in [0, 0.1) is 0 Å². The maximum atomic E-state index is 13.7. The van der Waals surface area contributed by atoms with Crippen LogP contribution in [0.4, 0.5) is 27.5 Å². The monoisotopic (exact) mass is 706 g/mol. The van der Waals surface area contributed by atoms with Crippen LogP contribution in [-0.2, 0) is 20.8 Å². The van der Waals surface area contributed by atoms with Crippen LogP contribution in [0.15, 0.2) is 103 Å². The molecule has 256 valence electrons. The number of nitrogens with zero attached hydrogens (tertiary/aromatic N) is 4. The van der Waals surface area contributed by atoms with Gasteiger partial charge < -0.3 is 36.7 Å². The molecule has 51 heavy (non-hydrogen) atoms. The molecule has 0 aliphatic carbocycles. The molecule has 4 aromatic carbocycles. The molecule has 0 spiro atoms. The topological polar surface area (TPSA) is 225 Å². The Morgan fingerprint density at radius 2 is 1.51 bits per heavy atom. The molecule has 2 heterocycles. The van der Waals surface area contributed by atoms with Crippen LogP contribution < -0.4 is 26.6 Å². The molecule has 0 bridgehead atoms. The Hall–Kier alpha value is -7.07. The second kappa shape index (κ2) is 15.0. The van der Waals surface area contributed by atoms with Crippen molar-refractivity contribution in [2.45, 2.75) is 12.5 Å². The molecule has 7 N–H and O–H groups in total.